The van der Waals surface area contributed by atoms with Gasteiger partial charge in [-0.3, -0.25) is 13.9 Å². The van der Waals surface area contributed by atoms with Gasteiger partial charge in [0, 0.05) is 17.6 Å². The Morgan fingerprint density at radius 1 is 1.06 bits per heavy atom. The number of rotatable bonds is 9. The molecule has 0 spiro atoms. The van der Waals surface area contributed by atoms with Gasteiger partial charge >= 0.3 is 0 Å². The summed E-state index contributed by atoms with van der Waals surface area (Å²) in [5.74, 6) is -0.698. The molecule has 1 aliphatic rings. The highest BCUT2D eigenvalue weighted by Gasteiger charge is 2.31. The molecule has 1 fully saturated rings. The fraction of sp³-hybridized carbons (Fsp3) is 0.481. The lowest BCUT2D eigenvalue weighted by atomic mass is 9.95. The molecule has 0 saturated heterocycles. The minimum absolute atomic E-state index is 0.104. The van der Waals surface area contributed by atoms with Crippen molar-refractivity contribution in [3.63, 3.8) is 0 Å². The van der Waals surface area contributed by atoms with Crippen molar-refractivity contribution in [2.75, 3.05) is 17.1 Å². The molecule has 0 bridgehead atoms. The predicted molar refractivity (Wildman–Crippen MR) is 145 cm³/mol. The highest BCUT2D eigenvalue weighted by molar-refractivity contribution is 7.92. The topological polar surface area (TPSA) is 86.8 Å². The molecular weight excluding hydrogens is 498 g/mol. The summed E-state index contributed by atoms with van der Waals surface area (Å²) in [4.78, 5) is 28.3. The Balaban J connectivity index is 1.87. The molecule has 2 amide bonds. The Kier molecular flexibility index (Phi) is 9.41. The number of aryl methyl sites for hydroxylation is 2. The molecule has 0 heterocycles. The largest absolute Gasteiger partial charge is 0.352 e. The monoisotopic (exact) mass is 533 g/mol. The summed E-state index contributed by atoms with van der Waals surface area (Å²) in [5, 5.41) is 3.50. The van der Waals surface area contributed by atoms with Crippen molar-refractivity contribution < 1.29 is 18.0 Å². The summed E-state index contributed by atoms with van der Waals surface area (Å²) < 4.78 is 26.4. The van der Waals surface area contributed by atoms with E-state index < -0.39 is 28.5 Å². The zero-order chi connectivity index (χ0) is 26.5. The van der Waals surface area contributed by atoms with Crippen molar-refractivity contribution in [2.24, 2.45) is 0 Å². The third kappa shape index (κ3) is 7.46. The maximum atomic E-state index is 13.6. The number of nitrogens with zero attached hydrogens (tertiary/aromatic N) is 2. The number of amides is 2. The van der Waals surface area contributed by atoms with E-state index in [0.717, 1.165) is 52.9 Å². The Morgan fingerprint density at radius 3 is 2.28 bits per heavy atom. The normalized spacial score (nSPS) is 15.2. The fourth-order valence-electron chi connectivity index (χ4n) is 4.39. The van der Waals surface area contributed by atoms with Crippen LogP contribution in [0.3, 0.4) is 0 Å². The molecule has 0 aliphatic heterocycles. The van der Waals surface area contributed by atoms with Crippen molar-refractivity contribution in [1.29, 1.82) is 0 Å². The lowest BCUT2D eigenvalue weighted by Gasteiger charge is -2.33. The highest BCUT2D eigenvalue weighted by atomic mass is 35.5. The second-order valence-electron chi connectivity index (χ2n) is 9.73. The van der Waals surface area contributed by atoms with Crippen LogP contribution in [-0.2, 0) is 26.2 Å². The van der Waals surface area contributed by atoms with Crippen LogP contribution in [0.2, 0.25) is 5.02 Å². The molecule has 2 aromatic carbocycles. The third-order valence-electron chi connectivity index (χ3n) is 6.71. The predicted octanol–water partition coefficient (Wildman–Crippen LogP) is 4.59. The van der Waals surface area contributed by atoms with E-state index >= 15 is 0 Å². The first-order chi connectivity index (χ1) is 17.0. The number of benzene rings is 2. The van der Waals surface area contributed by atoms with Gasteiger partial charge in [-0.15, -0.1) is 0 Å². The zero-order valence-electron chi connectivity index (χ0n) is 21.5. The van der Waals surface area contributed by atoms with Crippen LogP contribution >= 0.6 is 11.6 Å². The number of sulfonamides is 1. The van der Waals surface area contributed by atoms with Crippen molar-refractivity contribution in [3.05, 3.63) is 64.2 Å². The van der Waals surface area contributed by atoms with Gasteiger partial charge in [0.25, 0.3) is 0 Å². The second kappa shape index (κ2) is 12.1. The average Bonchev–Trinajstić information content (AvgIpc) is 2.83. The number of carbonyl (C=O) groups is 2. The van der Waals surface area contributed by atoms with Gasteiger partial charge in [-0.1, -0.05) is 66.8 Å². The third-order valence-corrected chi connectivity index (χ3v) is 8.26. The van der Waals surface area contributed by atoms with Gasteiger partial charge in [0.05, 0.1) is 11.9 Å². The van der Waals surface area contributed by atoms with Crippen LogP contribution in [0.5, 0.6) is 0 Å². The molecule has 0 unspecified atom stereocenters. The lowest BCUT2D eigenvalue weighted by molar-refractivity contribution is -0.139. The van der Waals surface area contributed by atoms with Gasteiger partial charge in [0.15, 0.2) is 0 Å². The Hall–Kier alpha value is -2.58. The standard InChI is InChI=1S/C27H36ClN3O4S/c1-19-10-13-22(14-11-19)17-30(21(3)27(33)29-23-8-6-5-7-9-23)26(32)18-31(36(4,34)35)24-15-12-20(2)25(28)16-24/h10-16,21,23H,5-9,17-18H2,1-4H3,(H,29,33)/t21-/m1/s1. The van der Waals surface area contributed by atoms with Crippen molar-refractivity contribution in [2.45, 2.75) is 71.5 Å². The molecule has 1 aliphatic carbocycles. The molecule has 7 nitrogen and oxygen atoms in total. The number of anilines is 1. The quantitative estimate of drug-likeness (QED) is 0.511. The molecule has 2 aromatic rings. The first-order valence-electron chi connectivity index (χ1n) is 12.3. The van der Waals surface area contributed by atoms with Gasteiger partial charge in [0.1, 0.15) is 12.6 Å². The highest BCUT2D eigenvalue weighted by Crippen LogP contribution is 2.25. The van der Waals surface area contributed by atoms with Gasteiger partial charge in [0.2, 0.25) is 21.8 Å². The summed E-state index contributed by atoms with van der Waals surface area (Å²) in [6.45, 7) is 5.23. The van der Waals surface area contributed by atoms with Crippen molar-refractivity contribution in [1.82, 2.24) is 10.2 Å². The molecule has 1 N–H and O–H groups in total. The smallest absolute Gasteiger partial charge is 0.244 e. The number of nitrogens with one attached hydrogen (secondary N) is 1. The van der Waals surface area contributed by atoms with Crippen molar-refractivity contribution in [3.8, 4) is 0 Å². The van der Waals surface area contributed by atoms with Crippen LogP contribution in [0.4, 0.5) is 5.69 Å². The molecule has 9 heteroatoms. The molecule has 0 radical (unpaired) electrons. The summed E-state index contributed by atoms with van der Waals surface area (Å²) in [6.07, 6.45) is 6.24. The van der Waals surface area contributed by atoms with Crippen LogP contribution in [0, 0.1) is 13.8 Å². The molecule has 3 rings (SSSR count). The van der Waals surface area contributed by atoms with Crippen LogP contribution in [0.25, 0.3) is 0 Å². The van der Waals surface area contributed by atoms with E-state index in [4.69, 9.17) is 11.6 Å². The van der Waals surface area contributed by atoms with Crippen molar-refractivity contribution >= 4 is 39.1 Å². The van der Waals surface area contributed by atoms with Gasteiger partial charge in [-0.25, -0.2) is 8.42 Å². The van der Waals surface area contributed by atoms with E-state index in [-0.39, 0.29) is 18.5 Å². The molecular formula is C27H36ClN3O4S. The minimum atomic E-state index is -3.80. The average molecular weight is 534 g/mol. The van der Waals surface area contributed by atoms with E-state index in [2.05, 4.69) is 5.32 Å². The second-order valence-corrected chi connectivity index (χ2v) is 12.0. The van der Waals surface area contributed by atoms with Crippen LogP contribution in [0.15, 0.2) is 42.5 Å². The molecule has 0 aromatic heterocycles. The number of hydrogen-bond donors (Lipinski definition) is 1. The summed E-state index contributed by atoms with van der Waals surface area (Å²) in [7, 11) is -3.80. The zero-order valence-corrected chi connectivity index (χ0v) is 23.0. The molecule has 36 heavy (non-hydrogen) atoms. The molecule has 196 valence electrons. The van der Waals surface area contributed by atoms with Gasteiger partial charge in [-0.05, 0) is 56.9 Å². The first kappa shape index (κ1) is 28.0. The van der Waals surface area contributed by atoms with Gasteiger partial charge in [-0.2, -0.15) is 0 Å². The van der Waals surface area contributed by atoms with E-state index in [0.29, 0.717) is 10.7 Å². The van der Waals surface area contributed by atoms with E-state index in [1.54, 1.807) is 19.1 Å². The van der Waals surface area contributed by atoms with E-state index in [1.165, 1.54) is 17.4 Å². The van der Waals surface area contributed by atoms with Crippen LogP contribution in [0.1, 0.15) is 55.7 Å². The van der Waals surface area contributed by atoms with E-state index in [9.17, 15) is 18.0 Å². The Morgan fingerprint density at radius 2 is 1.69 bits per heavy atom. The number of hydrogen-bond acceptors (Lipinski definition) is 4. The maximum Gasteiger partial charge on any atom is 0.244 e. The Labute approximate surface area is 219 Å². The number of carbonyl (C=O) groups excluding carboxylic acids is 2. The fourth-order valence-corrected chi connectivity index (χ4v) is 5.41. The first-order valence-corrected chi connectivity index (χ1v) is 14.6. The summed E-state index contributed by atoms with van der Waals surface area (Å²) in [6, 6.07) is 11.9. The lowest BCUT2D eigenvalue weighted by Crippen LogP contribution is -2.52. The minimum Gasteiger partial charge on any atom is -0.352 e. The van der Waals surface area contributed by atoms with Crippen LogP contribution < -0.4 is 9.62 Å². The SMILES string of the molecule is Cc1ccc(CN(C(=O)CN(c2ccc(C)c(Cl)c2)S(C)(=O)=O)[C@H](C)C(=O)NC2CCCCC2)cc1. The maximum absolute atomic E-state index is 13.6. The molecule has 1 saturated carbocycles. The molecule has 1 atom stereocenters. The number of halogens is 1. The van der Waals surface area contributed by atoms with Crippen LogP contribution in [-0.4, -0.2) is 50.0 Å². The summed E-state index contributed by atoms with van der Waals surface area (Å²) >= 11 is 6.24. The summed E-state index contributed by atoms with van der Waals surface area (Å²) in [5.41, 5.74) is 3.04. The van der Waals surface area contributed by atoms with Gasteiger partial charge < -0.3 is 10.2 Å². The van der Waals surface area contributed by atoms with E-state index in [1.807, 2.05) is 38.1 Å². The Bertz CT molecular complexity index is 1180.